The van der Waals surface area contributed by atoms with E-state index in [4.69, 9.17) is 9.47 Å². The second-order valence-electron chi connectivity index (χ2n) is 4.55. The highest BCUT2D eigenvalue weighted by Crippen LogP contribution is 2.28. The summed E-state index contributed by atoms with van der Waals surface area (Å²) in [5, 5.41) is 3.30. The van der Waals surface area contributed by atoms with Gasteiger partial charge >= 0.3 is 0 Å². The molecule has 1 aromatic carbocycles. The summed E-state index contributed by atoms with van der Waals surface area (Å²) in [6.07, 6.45) is 0.866. The van der Waals surface area contributed by atoms with E-state index in [1.165, 1.54) is 5.56 Å². The number of nitrogens with one attached hydrogen (secondary N) is 1. The van der Waals surface area contributed by atoms with Gasteiger partial charge < -0.3 is 14.8 Å². The molecule has 1 N–H and O–H groups in total. The van der Waals surface area contributed by atoms with Crippen LogP contribution >= 0.6 is 0 Å². The molecule has 19 heavy (non-hydrogen) atoms. The van der Waals surface area contributed by atoms with E-state index < -0.39 is 0 Å². The molecule has 0 unspecified atom stereocenters. The number of hydrogen-bond donors (Lipinski definition) is 1. The lowest BCUT2D eigenvalue weighted by molar-refractivity contribution is 0.279. The SMILES string of the molecule is C=C(C)CCOc1ccc(CNCC)cc1OCC. The predicted octanol–water partition coefficient (Wildman–Crippen LogP) is 3.54. The first-order chi connectivity index (χ1) is 9.17. The molecular weight excluding hydrogens is 238 g/mol. The Balaban J connectivity index is 2.70. The van der Waals surface area contributed by atoms with Gasteiger partial charge in [-0.25, -0.2) is 0 Å². The summed E-state index contributed by atoms with van der Waals surface area (Å²) in [7, 11) is 0. The molecule has 0 aliphatic carbocycles. The molecule has 0 atom stereocenters. The molecule has 1 rings (SSSR count). The van der Waals surface area contributed by atoms with Gasteiger partial charge in [-0.15, -0.1) is 6.58 Å². The van der Waals surface area contributed by atoms with Crippen molar-refractivity contribution in [1.29, 1.82) is 0 Å². The van der Waals surface area contributed by atoms with Crippen LogP contribution < -0.4 is 14.8 Å². The Labute approximate surface area is 116 Å². The smallest absolute Gasteiger partial charge is 0.161 e. The maximum absolute atomic E-state index is 5.75. The number of ether oxygens (including phenoxy) is 2. The van der Waals surface area contributed by atoms with Gasteiger partial charge in [0.2, 0.25) is 0 Å². The van der Waals surface area contributed by atoms with Crippen molar-refractivity contribution in [1.82, 2.24) is 5.32 Å². The van der Waals surface area contributed by atoms with Gasteiger partial charge in [-0.2, -0.15) is 0 Å². The van der Waals surface area contributed by atoms with Gasteiger partial charge in [0.05, 0.1) is 13.2 Å². The van der Waals surface area contributed by atoms with Crippen molar-refractivity contribution in [2.24, 2.45) is 0 Å². The fourth-order valence-electron chi connectivity index (χ4n) is 1.65. The molecule has 0 radical (unpaired) electrons. The molecule has 0 fully saturated rings. The average Bonchev–Trinajstić information content (AvgIpc) is 2.38. The Morgan fingerprint density at radius 2 is 2.00 bits per heavy atom. The van der Waals surface area contributed by atoms with Crippen LogP contribution in [0, 0.1) is 0 Å². The van der Waals surface area contributed by atoms with E-state index in [0.717, 1.165) is 36.6 Å². The van der Waals surface area contributed by atoms with E-state index in [0.29, 0.717) is 13.2 Å². The van der Waals surface area contributed by atoms with Crippen LogP contribution in [-0.2, 0) is 6.54 Å². The molecule has 0 saturated heterocycles. The highest BCUT2D eigenvalue weighted by molar-refractivity contribution is 5.43. The van der Waals surface area contributed by atoms with E-state index in [1.807, 2.05) is 26.0 Å². The molecule has 0 spiro atoms. The highest BCUT2D eigenvalue weighted by atomic mass is 16.5. The Kier molecular flexibility index (Phi) is 7.04. The molecule has 0 bridgehead atoms. The van der Waals surface area contributed by atoms with Gasteiger partial charge in [-0.3, -0.25) is 0 Å². The first-order valence-corrected chi connectivity index (χ1v) is 6.91. The largest absolute Gasteiger partial charge is 0.490 e. The van der Waals surface area contributed by atoms with Crippen LogP contribution in [0.2, 0.25) is 0 Å². The lowest BCUT2D eigenvalue weighted by atomic mass is 10.2. The van der Waals surface area contributed by atoms with Gasteiger partial charge in [0.15, 0.2) is 11.5 Å². The molecule has 0 amide bonds. The molecule has 0 aliphatic heterocycles. The zero-order valence-electron chi connectivity index (χ0n) is 12.3. The summed E-state index contributed by atoms with van der Waals surface area (Å²) in [5.74, 6) is 1.63. The monoisotopic (exact) mass is 263 g/mol. The number of benzene rings is 1. The summed E-state index contributed by atoms with van der Waals surface area (Å²) in [6, 6.07) is 6.10. The highest BCUT2D eigenvalue weighted by Gasteiger charge is 2.06. The van der Waals surface area contributed by atoms with E-state index in [2.05, 4.69) is 24.9 Å². The maximum Gasteiger partial charge on any atom is 0.161 e. The van der Waals surface area contributed by atoms with Gasteiger partial charge in [0.25, 0.3) is 0 Å². The Hall–Kier alpha value is -1.48. The van der Waals surface area contributed by atoms with Crippen LogP contribution in [0.5, 0.6) is 11.5 Å². The number of hydrogen-bond acceptors (Lipinski definition) is 3. The summed E-state index contributed by atoms with van der Waals surface area (Å²) >= 11 is 0. The van der Waals surface area contributed by atoms with Crippen molar-refractivity contribution in [2.45, 2.75) is 33.7 Å². The van der Waals surface area contributed by atoms with Gasteiger partial charge in [-0.05, 0) is 38.1 Å². The summed E-state index contributed by atoms with van der Waals surface area (Å²) < 4.78 is 11.4. The molecule has 1 aromatic rings. The zero-order valence-corrected chi connectivity index (χ0v) is 12.3. The lowest BCUT2D eigenvalue weighted by Gasteiger charge is -2.13. The van der Waals surface area contributed by atoms with E-state index >= 15 is 0 Å². The Morgan fingerprint density at radius 1 is 1.21 bits per heavy atom. The van der Waals surface area contributed by atoms with Crippen molar-refractivity contribution < 1.29 is 9.47 Å². The van der Waals surface area contributed by atoms with Crippen molar-refractivity contribution in [3.63, 3.8) is 0 Å². The lowest BCUT2D eigenvalue weighted by Crippen LogP contribution is -2.12. The standard InChI is InChI=1S/C16H25NO2/c1-5-17-12-14-7-8-15(16(11-14)18-6-2)19-10-9-13(3)4/h7-8,11,17H,3,5-6,9-10,12H2,1-2,4H3. The quantitative estimate of drug-likeness (QED) is 0.691. The first-order valence-electron chi connectivity index (χ1n) is 6.91. The van der Waals surface area contributed by atoms with E-state index in [9.17, 15) is 0 Å². The fraction of sp³-hybridized carbons (Fsp3) is 0.500. The van der Waals surface area contributed by atoms with Crippen molar-refractivity contribution in [2.75, 3.05) is 19.8 Å². The van der Waals surface area contributed by atoms with Gasteiger partial charge in [0, 0.05) is 13.0 Å². The van der Waals surface area contributed by atoms with Crippen molar-refractivity contribution >= 4 is 0 Å². The maximum atomic E-state index is 5.75. The van der Waals surface area contributed by atoms with Crippen LogP contribution in [0.25, 0.3) is 0 Å². The Morgan fingerprint density at radius 3 is 2.63 bits per heavy atom. The molecule has 0 saturated carbocycles. The third-order valence-corrected chi connectivity index (χ3v) is 2.67. The van der Waals surface area contributed by atoms with Crippen LogP contribution in [0.4, 0.5) is 0 Å². The normalized spacial score (nSPS) is 10.3. The minimum Gasteiger partial charge on any atom is -0.490 e. The minimum atomic E-state index is 0.640. The van der Waals surface area contributed by atoms with E-state index in [-0.39, 0.29) is 0 Å². The van der Waals surface area contributed by atoms with Gasteiger partial charge in [0.1, 0.15) is 0 Å². The fourth-order valence-corrected chi connectivity index (χ4v) is 1.65. The molecule has 0 aliphatic rings. The third kappa shape index (κ3) is 5.79. The summed E-state index contributed by atoms with van der Waals surface area (Å²) in [6.45, 7) is 13.0. The first kappa shape index (κ1) is 15.6. The molecule has 3 heteroatoms. The third-order valence-electron chi connectivity index (χ3n) is 2.67. The summed E-state index contributed by atoms with van der Waals surface area (Å²) in [4.78, 5) is 0. The van der Waals surface area contributed by atoms with Crippen molar-refractivity contribution in [3.05, 3.63) is 35.9 Å². The van der Waals surface area contributed by atoms with Crippen LogP contribution in [0.15, 0.2) is 30.4 Å². The average molecular weight is 263 g/mol. The predicted molar refractivity (Wildman–Crippen MR) is 79.9 cm³/mol. The van der Waals surface area contributed by atoms with Crippen LogP contribution in [-0.4, -0.2) is 19.8 Å². The zero-order chi connectivity index (χ0) is 14.1. The summed E-state index contributed by atoms with van der Waals surface area (Å²) in [5.41, 5.74) is 2.33. The van der Waals surface area contributed by atoms with Gasteiger partial charge in [-0.1, -0.05) is 18.6 Å². The van der Waals surface area contributed by atoms with Crippen LogP contribution in [0.3, 0.4) is 0 Å². The molecule has 0 heterocycles. The topological polar surface area (TPSA) is 30.5 Å². The van der Waals surface area contributed by atoms with Crippen molar-refractivity contribution in [3.8, 4) is 11.5 Å². The number of rotatable bonds is 9. The molecule has 3 nitrogen and oxygen atoms in total. The second kappa shape index (κ2) is 8.59. The minimum absolute atomic E-state index is 0.640. The molecule has 106 valence electrons. The second-order valence-corrected chi connectivity index (χ2v) is 4.55. The van der Waals surface area contributed by atoms with Crippen LogP contribution in [0.1, 0.15) is 32.8 Å². The molecular formula is C16H25NO2. The van der Waals surface area contributed by atoms with E-state index in [1.54, 1.807) is 0 Å². The Bertz CT molecular complexity index is 402. The molecule has 0 aromatic heterocycles.